The van der Waals surface area contributed by atoms with Crippen LogP contribution in [0.15, 0.2) is 65.6 Å². The van der Waals surface area contributed by atoms with E-state index in [4.69, 9.17) is 39.5 Å². The SMILES string of the molecule is C[C@H](CO)N1C[C@H](C)[C@@H](CN(C)Cc2ccc(Cl)c(Cl)c2)Oc2ccc(NS(=O)(=O)c3ccc(Cl)cc3)cc2CC1=O. The maximum Gasteiger partial charge on any atom is 0.261 e. The Morgan fingerprint density at radius 1 is 1.07 bits per heavy atom. The number of amides is 1. The number of rotatable bonds is 9. The number of likely N-dealkylation sites (N-methyl/N-ethyl adjacent to an activating group) is 1. The van der Waals surface area contributed by atoms with Gasteiger partial charge in [0.05, 0.1) is 34.0 Å². The van der Waals surface area contributed by atoms with Crippen LogP contribution < -0.4 is 9.46 Å². The molecule has 3 aromatic rings. The molecule has 0 unspecified atom stereocenters. The van der Waals surface area contributed by atoms with E-state index in [9.17, 15) is 18.3 Å². The predicted molar refractivity (Wildman–Crippen MR) is 167 cm³/mol. The van der Waals surface area contributed by atoms with Crippen molar-refractivity contribution >= 4 is 56.4 Å². The number of ether oxygens (including phenoxy) is 1. The number of hydrogen-bond acceptors (Lipinski definition) is 6. The Kier molecular flexibility index (Phi) is 10.7. The third-order valence-corrected chi connectivity index (χ3v) is 9.61. The minimum Gasteiger partial charge on any atom is -0.488 e. The molecule has 0 aromatic heterocycles. The van der Waals surface area contributed by atoms with Crippen LogP contribution in [0.5, 0.6) is 5.75 Å². The Labute approximate surface area is 262 Å². The molecular weight excluding hydrogens is 621 g/mol. The number of fused-ring (bicyclic) bond motifs is 1. The molecule has 4 rings (SSSR count). The van der Waals surface area contributed by atoms with Crippen molar-refractivity contribution in [2.75, 3.05) is 31.5 Å². The Hall–Kier alpha value is -2.53. The highest BCUT2D eigenvalue weighted by Crippen LogP contribution is 2.31. The van der Waals surface area contributed by atoms with E-state index in [1.807, 2.05) is 26.1 Å². The first-order valence-electron chi connectivity index (χ1n) is 13.5. The van der Waals surface area contributed by atoms with E-state index in [0.29, 0.717) is 51.7 Å². The highest BCUT2D eigenvalue weighted by atomic mass is 35.5. The summed E-state index contributed by atoms with van der Waals surface area (Å²) in [5.41, 5.74) is 1.83. The second kappa shape index (κ2) is 13.8. The van der Waals surface area contributed by atoms with Gasteiger partial charge in [0.25, 0.3) is 10.0 Å². The topological polar surface area (TPSA) is 99.2 Å². The quantitative estimate of drug-likeness (QED) is 0.306. The molecule has 0 spiro atoms. The molecule has 0 fully saturated rings. The number of hydrogen-bond donors (Lipinski definition) is 2. The summed E-state index contributed by atoms with van der Waals surface area (Å²) in [4.78, 5) is 17.3. The smallest absolute Gasteiger partial charge is 0.261 e. The molecule has 3 atom stereocenters. The molecular formula is C30H34Cl3N3O5S. The van der Waals surface area contributed by atoms with Gasteiger partial charge in [-0.25, -0.2) is 8.42 Å². The van der Waals surface area contributed by atoms with Gasteiger partial charge in [0.2, 0.25) is 5.91 Å². The van der Waals surface area contributed by atoms with Crippen LogP contribution in [-0.4, -0.2) is 68.1 Å². The van der Waals surface area contributed by atoms with Crippen molar-refractivity contribution in [3.63, 3.8) is 0 Å². The summed E-state index contributed by atoms with van der Waals surface area (Å²) in [5, 5.41) is 11.3. The first kappa shape index (κ1) is 32.4. The van der Waals surface area contributed by atoms with Crippen molar-refractivity contribution in [1.82, 2.24) is 9.80 Å². The maximum absolute atomic E-state index is 13.5. The van der Waals surface area contributed by atoms with Crippen molar-refractivity contribution in [3.05, 3.63) is 86.9 Å². The number of benzene rings is 3. The fourth-order valence-electron chi connectivity index (χ4n) is 4.86. The monoisotopic (exact) mass is 653 g/mol. The molecule has 3 aromatic carbocycles. The molecule has 0 saturated heterocycles. The van der Waals surface area contributed by atoms with E-state index in [1.165, 1.54) is 24.3 Å². The number of carbonyl (C=O) groups excluding carboxylic acids is 1. The van der Waals surface area contributed by atoms with Gasteiger partial charge in [0.15, 0.2) is 0 Å². The van der Waals surface area contributed by atoms with Crippen molar-refractivity contribution in [3.8, 4) is 5.75 Å². The Morgan fingerprint density at radius 2 is 1.79 bits per heavy atom. The van der Waals surface area contributed by atoms with Crippen LogP contribution in [0.4, 0.5) is 5.69 Å². The van der Waals surface area contributed by atoms with Crippen LogP contribution in [-0.2, 0) is 27.8 Å². The highest BCUT2D eigenvalue weighted by Gasteiger charge is 2.31. The maximum atomic E-state index is 13.5. The van der Waals surface area contributed by atoms with E-state index in [2.05, 4.69) is 9.62 Å². The van der Waals surface area contributed by atoms with Gasteiger partial charge in [-0.3, -0.25) is 14.4 Å². The highest BCUT2D eigenvalue weighted by molar-refractivity contribution is 7.92. The number of sulfonamides is 1. The molecule has 42 heavy (non-hydrogen) atoms. The summed E-state index contributed by atoms with van der Waals surface area (Å²) in [6.45, 7) is 5.14. The standard InChI is InChI=1S/C30H34Cl3N3O5S/c1-19-15-36(20(2)18-37)30(38)14-22-13-24(34-42(39,40)25-8-5-23(31)6-9-25)7-11-28(22)41-29(19)17-35(3)16-21-4-10-26(32)27(33)12-21/h4-13,19-20,29,34,37H,14-18H2,1-3H3/t19-,20+,29+/m0/s1. The van der Waals surface area contributed by atoms with E-state index >= 15 is 0 Å². The predicted octanol–water partition coefficient (Wildman–Crippen LogP) is 5.73. The van der Waals surface area contributed by atoms with Gasteiger partial charge in [-0.1, -0.05) is 47.8 Å². The molecule has 0 radical (unpaired) electrons. The zero-order valence-corrected chi connectivity index (χ0v) is 26.6. The molecule has 8 nitrogen and oxygen atoms in total. The Bertz CT molecular complexity index is 1520. The summed E-state index contributed by atoms with van der Waals surface area (Å²) < 4.78 is 35.1. The van der Waals surface area contributed by atoms with E-state index in [0.717, 1.165) is 5.56 Å². The molecule has 2 N–H and O–H groups in total. The number of aliphatic hydroxyl groups is 1. The second-order valence-electron chi connectivity index (χ2n) is 10.7. The van der Waals surface area contributed by atoms with Crippen molar-refractivity contribution in [2.24, 2.45) is 5.92 Å². The molecule has 1 aliphatic heterocycles. The number of nitrogens with one attached hydrogen (secondary N) is 1. The fourth-order valence-corrected chi connectivity index (χ4v) is 6.36. The molecule has 1 amide bonds. The van der Waals surface area contributed by atoms with E-state index in [1.54, 1.807) is 36.1 Å². The first-order chi connectivity index (χ1) is 19.9. The van der Waals surface area contributed by atoms with Gasteiger partial charge in [-0.2, -0.15) is 0 Å². The number of nitrogens with zero attached hydrogens (tertiary/aromatic N) is 2. The third-order valence-electron chi connectivity index (χ3n) is 7.22. The third kappa shape index (κ3) is 8.09. The lowest BCUT2D eigenvalue weighted by Crippen LogP contribution is -2.47. The van der Waals surface area contributed by atoms with Crippen LogP contribution in [0.1, 0.15) is 25.0 Å². The van der Waals surface area contributed by atoms with Crippen LogP contribution in [0.25, 0.3) is 0 Å². The Morgan fingerprint density at radius 3 is 2.45 bits per heavy atom. The van der Waals surface area contributed by atoms with Crippen LogP contribution in [0.2, 0.25) is 15.1 Å². The summed E-state index contributed by atoms with van der Waals surface area (Å²) in [5.74, 6) is 0.222. The summed E-state index contributed by atoms with van der Waals surface area (Å²) >= 11 is 18.2. The average Bonchev–Trinajstić information content (AvgIpc) is 2.98. The number of anilines is 1. The van der Waals surface area contributed by atoms with Crippen LogP contribution in [0, 0.1) is 5.92 Å². The molecule has 12 heteroatoms. The summed E-state index contributed by atoms with van der Waals surface area (Å²) in [6.07, 6.45) is -0.346. The van der Waals surface area contributed by atoms with Crippen LogP contribution >= 0.6 is 34.8 Å². The lowest BCUT2D eigenvalue weighted by atomic mass is 10.0. The molecule has 0 saturated carbocycles. The number of aliphatic hydroxyl groups excluding tert-OH is 1. The van der Waals surface area contributed by atoms with Crippen molar-refractivity contribution in [1.29, 1.82) is 0 Å². The van der Waals surface area contributed by atoms with Gasteiger partial charge in [0.1, 0.15) is 11.9 Å². The van der Waals surface area contributed by atoms with Gasteiger partial charge in [-0.15, -0.1) is 0 Å². The molecule has 1 heterocycles. The zero-order valence-electron chi connectivity index (χ0n) is 23.6. The second-order valence-corrected chi connectivity index (χ2v) is 13.6. The van der Waals surface area contributed by atoms with E-state index in [-0.39, 0.29) is 35.9 Å². The minimum absolute atomic E-state index is 0.0191. The lowest BCUT2D eigenvalue weighted by molar-refractivity contribution is -0.134. The molecule has 1 aliphatic rings. The summed E-state index contributed by atoms with van der Waals surface area (Å²) in [7, 11) is -1.92. The number of halogens is 3. The van der Waals surface area contributed by atoms with Gasteiger partial charge >= 0.3 is 0 Å². The molecule has 226 valence electrons. The average molecular weight is 655 g/mol. The largest absolute Gasteiger partial charge is 0.488 e. The Balaban J connectivity index is 1.62. The summed E-state index contributed by atoms with van der Waals surface area (Å²) in [6, 6.07) is 15.9. The van der Waals surface area contributed by atoms with Crippen molar-refractivity contribution in [2.45, 2.75) is 43.9 Å². The van der Waals surface area contributed by atoms with Crippen LogP contribution in [0.3, 0.4) is 0 Å². The van der Waals surface area contributed by atoms with Crippen molar-refractivity contribution < 1.29 is 23.1 Å². The molecule has 0 aliphatic carbocycles. The first-order valence-corrected chi connectivity index (χ1v) is 16.1. The lowest BCUT2D eigenvalue weighted by Gasteiger charge is -2.34. The zero-order chi connectivity index (χ0) is 30.6. The van der Waals surface area contributed by atoms with Gasteiger partial charge in [-0.05, 0) is 74.1 Å². The minimum atomic E-state index is -3.90. The van der Waals surface area contributed by atoms with Gasteiger partial charge < -0.3 is 14.7 Å². The van der Waals surface area contributed by atoms with Gasteiger partial charge in [0, 0.05) is 41.8 Å². The fraction of sp³-hybridized carbons (Fsp3) is 0.367. The normalized spacial score (nSPS) is 18.5. The molecule has 0 bridgehead atoms. The van der Waals surface area contributed by atoms with E-state index < -0.39 is 16.1 Å². The number of carbonyl (C=O) groups is 1.